The van der Waals surface area contributed by atoms with Crippen LogP contribution in [-0.4, -0.2) is 24.6 Å². The Balaban J connectivity index is 2.23. The SMILES string of the molecule is COc1ccc2c(c1)C1(C#N)CCCOC1(O)CCC2. The average molecular weight is 273 g/mol. The Bertz CT molecular complexity index is 565. The molecule has 0 aromatic heterocycles. The molecule has 106 valence electrons. The van der Waals surface area contributed by atoms with Gasteiger partial charge >= 0.3 is 0 Å². The van der Waals surface area contributed by atoms with Crippen LogP contribution in [0.1, 0.15) is 36.8 Å². The van der Waals surface area contributed by atoms with Crippen LogP contribution in [0.5, 0.6) is 5.75 Å². The largest absolute Gasteiger partial charge is 0.497 e. The number of ether oxygens (including phenoxy) is 2. The zero-order valence-corrected chi connectivity index (χ0v) is 11.7. The third kappa shape index (κ3) is 1.74. The molecule has 2 atom stereocenters. The van der Waals surface area contributed by atoms with Crippen LogP contribution in [0.25, 0.3) is 0 Å². The van der Waals surface area contributed by atoms with Crippen molar-refractivity contribution in [1.29, 1.82) is 5.26 Å². The van der Waals surface area contributed by atoms with Gasteiger partial charge in [-0.3, -0.25) is 0 Å². The van der Waals surface area contributed by atoms with Gasteiger partial charge in [-0.15, -0.1) is 0 Å². The summed E-state index contributed by atoms with van der Waals surface area (Å²) in [7, 11) is 1.61. The van der Waals surface area contributed by atoms with Crippen LogP contribution >= 0.6 is 0 Å². The summed E-state index contributed by atoms with van der Waals surface area (Å²) in [5.41, 5.74) is 1.01. The van der Waals surface area contributed by atoms with Gasteiger partial charge in [0.15, 0.2) is 5.79 Å². The van der Waals surface area contributed by atoms with E-state index in [4.69, 9.17) is 9.47 Å². The maximum Gasteiger partial charge on any atom is 0.188 e. The molecule has 2 unspecified atom stereocenters. The number of aliphatic hydroxyl groups is 1. The quantitative estimate of drug-likeness (QED) is 0.852. The van der Waals surface area contributed by atoms with Crippen LogP contribution in [0, 0.1) is 11.3 Å². The summed E-state index contributed by atoms with van der Waals surface area (Å²) in [6, 6.07) is 8.19. The molecule has 1 aromatic rings. The first-order valence-corrected chi connectivity index (χ1v) is 7.10. The zero-order chi connectivity index (χ0) is 14.2. The normalized spacial score (nSPS) is 32.5. The fraction of sp³-hybridized carbons (Fsp3) is 0.562. The molecular formula is C16H19NO3. The minimum atomic E-state index is -1.38. The van der Waals surface area contributed by atoms with Crippen LogP contribution in [0.15, 0.2) is 18.2 Å². The Kier molecular flexibility index (Phi) is 3.19. The lowest BCUT2D eigenvalue weighted by molar-refractivity contribution is -0.259. The van der Waals surface area contributed by atoms with E-state index in [9.17, 15) is 10.4 Å². The van der Waals surface area contributed by atoms with E-state index in [1.807, 2.05) is 18.2 Å². The van der Waals surface area contributed by atoms with Gasteiger partial charge in [0, 0.05) is 6.42 Å². The van der Waals surface area contributed by atoms with E-state index in [2.05, 4.69) is 6.07 Å². The lowest BCUT2D eigenvalue weighted by atomic mass is 9.68. The Labute approximate surface area is 118 Å². The molecule has 1 aromatic carbocycles. The van der Waals surface area contributed by atoms with Crippen molar-refractivity contribution in [3.8, 4) is 11.8 Å². The number of nitrogens with zero attached hydrogens (tertiary/aromatic N) is 1. The molecule has 4 nitrogen and oxygen atoms in total. The lowest BCUT2D eigenvalue weighted by Gasteiger charge is -2.45. The van der Waals surface area contributed by atoms with Gasteiger partial charge in [-0.1, -0.05) is 6.07 Å². The maximum atomic E-state index is 10.9. The van der Waals surface area contributed by atoms with Crippen molar-refractivity contribution in [2.45, 2.75) is 43.3 Å². The molecule has 3 rings (SSSR count). The maximum absolute atomic E-state index is 10.9. The van der Waals surface area contributed by atoms with Gasteiger partial charge in [-0.05, 0) is 48.9 Å². The first-order valence-electron chi connectivity index (χ1n) is 7.10. The van der Waals surface area contributed by atoms with Crippen LogP contribution in [0.2, 0.25) is 0 Å². The van der Waals surface area contributed by atoms with Crippen LogP contribution in [-0.2, 0) is 16.6 Å². The number of fused-ring (bicyclic) bond motifs is 3. The van der Waals surface area contributed by atoms with E-state index >= 15 is 0 Å². The molecule has 1 aliphatic carbocycles. The molecule has 1 N–H and O–H groups in total. The molecule has 20 heavy (non-hydrogen) atoms. The number of hydrogen-bond acceptors (Lipinski definition) is 4. The smallest absolute Gasteiger partial charge is 0.188 e. The highest BCUT2D eigenvalue weighted by molar-refractivity contribution is 5.47. The number of rotatable bonds is 1. The minimum Gasteiger partial charge on any atom is -0.497 e. The van der Waals surface area contributed by atoms with Crippen molar-refractivity contribution in [3.05, 3.63) is 29.3 Å². The molecule has 1 aliphatic heterocycles. The highest BCUT2D eigenvalue weighted by Gasteiger charge is 2.56. The fourth-order valence-corrected chi connectivity index (χ4v) is 3.55. The van der Waals surface area contributed by atoms with Gasteiger partial charge in [0.1, 0.15) is 11.2 Å². The van der Waals surface area contributed by atoms with E-state index < -0.39 is 11.2 Å². The zero-order valence-electron chi connectivity index (χ0n) is 11.7. The highest BCUT2D eigenvalue weighted by Crippen LogP contribution is 2.49. The van der Waals surface area contributed by atoms with Crippen molar-refractivity contribution >= 4 is 0 Å². The number of nitriles is 1. The van der Waals surface area contributed by atoms with Gasteiger partial charge in [0.05, 0.1) is 19.8 Å². The molecule has 0 spiro atoms. The lowest BCUT2D eigenvalue weighted by Crippen LogP contribution is -2.55. The van der Waals surface area contributed by atoms with Crippen molar-refractivity contribution in [1.82, 2.24) is 0 Å². The second-order valence-electron chi connectivity index (χ2n) is 5.63. The first kappa shape index (κ1) is 13.4. The monoisotopic (exact) mass is 273 g/mol. The Hall–Kier alpha value is -1.57. The van der Waals surface area contributed by atoms with Gasteiger partial charge in [-0.25, -0.2) is 0 Å². The molecule has 4 heteroatoms. The van der Waals surface area contributed by atoms with E-state index in [1.165, 1.54) is 0 Å². The predicted molar refractivity (Wildman–Crippen MR) is 73.4 cm³/mol. The average Bonchev–Trinajstić information content (AvgIpc) is 2.60. The number of benzene rings is 1. The Morgan fingerprint density at radius 2 is 2.20 bits per heavy atom. The summed E-state index contributed by atoms with van der Waals surface area (Å²) in [5.74, 6) is -0.661. The third-order valence-electron chi connectivity index (χ3n) is 4.63. The molecular weight excluding hydrogens is 254 g/mol. The Morgan fingerprint density at radius 3 is 2.95 bits per heavy atom. The predicted octanol–water partition coefficient (Wildman–Crippen LogP) is 2.29. The van der Waals surface area contributed by atoms with Crippen molar-refractivity contribution < 1.29 is 14.6 Å². The van der Waals surface area contributed by atoms with Crippen LogP contribution in [0.3, 0.4) is 0 Å². The standard InChI is InChI=1S/C16H19NO3/c1-19-13-6-5-12-4-2-8-16(18)15(11-17,14(12)10-13)7-3-9-20-16/h5-6,10,18H,2-4,7-9H2,1H3. The van der Waals surface area contributed by atoms with E-state index in [1.54, 1.807) is 7.11 Å². The minimum absolute atomic E-state index is 0.498. The third-order valence-corrected chi connectivity index (χ3v) is 4.63. The van der Waals surface area contributed by atoms with Crippen molar-refractivity contribution in [3.63, 3.8) is 0 Å². The van der Waals surface area contributed by atoms with Crippen LogP contribution < -0.4 is 4.74 Å². The number of aryl methyl sites for hydroxylation is 1. The molecule has 0 radical (unpaired) electrons. The molecule has 1 fully saturated rings. The second kappa shape index (κ2) is 4.76. The Morgan fingerprint density at radius 1 is 1.35 bits per heavy atom. The van der Waals surface area contributed by atoms with Crippen molar-refractivity contribution in [2.75, 3.05) is 13.7 Å². The molecule has 1 heterocycles. The molecule has 0 amide bonds. The van der Waals surface area contributed by atoms with Gasteiger partial charge < -0.3 is 14.6 Å². The van der Waals surface area contributed by atoms with E-state index in [0.717, 1.165) is 30.4 Å². The molecule has 0 saturated carbocycles. The number of methoxy groups -OCH3 is 1. The van der Waals surface area contributed by atoms with Crippen LogP contribution in [0.4, 0.5) is 0 Å². The number of hydrogen-bond donors (Lipinski definition) is 1. The molecule has 1 saturated heterocycles. The summed E-state index contributed by atoms with van der Waals surface area (Å²) in [6.45, 7) is 0.513. The fourth-order valence-electron chi connectivity index (χ4n) is 3.55. The molecule has 2 aliphatic rings. The molecule has 0 bridgehead atoms. The second-order valence-corrected chi connectivity index (χ2v) is 5.63. The van der Waals surface area contributed by atoms with E-state index in [0.29, 0.717) is 25.2 Å². The van der Waals surface area contributed by atoms with Gasteiger partial charge in [-0.2, -0.15) is 5.26 Å². The van der Waals surface area contributed by atoms with Gasteiger partial charge in [0.2, 0.25) is 0 Å². The first-order chi connectivity index (χ1) is 9.65. The van der Waals surface area contributed by atoms with Gasteiger partial charge in [0.25, 0.3) is 0 Å². The summed E-state index contributed by atoms with van der Waals surface area (Å²) < 4.78 is 11.0. The highest BCUT2D eigenvalue weighted by atomic mass is 16.6. The van der Waals surface area contributed by atoms with E-state index in [-0.39, 0.29) is 0 Å². The summed E-state index contributed by atoms with van der Waals surface area (Å²) in [5, 5.41) is 20.8. The summed E-state index contributed by atoms with van der Waals surface area (Å²) >= 11 is 0. The summed E-state index contributed by atoms with van der Waals surface area (Å²) in [6.07, 6.45) is 3.58. The topological polar surface area (TPSA) is 62.5 Å². The summed E-state index contributed by atoms with van der Waals surface area (Å²) in [4.78, 5) is 0. The van der Waals surface area contributed by atoms with Crippen molar-refractivity contribution in [2.24, 2.45) is 0 Å².